The zero-order chi connectivity index (χ0) is 15.4. The first kappa shape index (κ1) is 18.5. The molecule has 0 atom stereocenters. The van der Waals surface area contributed by atoms with Gasteiger partial charge in [-0.15, -0.1) is 23.7 Å². The van der Waals surface area contributed by atoms with Crippen LogP contribution in [0.3, 0.4) is 0 Å². The van der Waals surface area contributed by atoms with E-state index in [0.29, 0.717) is 11.6 Å². The summed E-state index contributed by atoms with van der Waals surface area (Å²) in [5.41, 5.74) is 5.58. The Bertz CT molecular complexity index is 631. The number of hydrogen-bond acceptors (Lipinski definition) is 4. The maximum absolute atomic E-state index is 13.7. The van der Waals surface area contributed by atoms with Crippen molar-refractivity contribution in [1.82, 2.24) is 9.88 Å². The van der Waals surface area contributed by atoms with E-state index in [1.807, 2.05) is 0 Å². The molecule has 0 saturated heterocycles. The van der Waals surface area contributed by atoms with Gasteiger partial charge in [0.2, 0.25) is 0 Å². The number of thiazole rings is 1. The van der Waals surface area contributed by atoms with Crippen molar-refractivity contribution in [3.63, 3.8) is 0 Å². The molecule has 2 N–H and O–H groups in total. The molecule has 0 unspecified atom stereocenters. The standard InChI is InChI=1S/C14H15F2N3OS.ClH/c1-2-19(7-9-10(15)4-3-5-11(9)16)14(20)12-8-21-13(6-17)18-12;/h3-5,8H,2,6-7,17H2,1H3;1H. The Morgan fingerprint density at radius 2 is 2.00 bits per heavy atom. The molecule has 0 spiro atoms. The number of rotatable bonds is 5. The molecule has 120 valence electrons. The van der Waals surface area contributed by atoms with Gasteiger partial charge in [-0.3, -0.25) is 4.79 Å². The highest BCUT2D eigenvalue weighted by Gasteiger charge is 2.20. The predicted octanol–water partition coefficient (Wildman–Crippen LogP) is 2.96. The van der Waals surface area contributed by atoms with Crippen molar-refractivity contribution in [2.75, 3.05) is 6.54 Å². The first-order chi connectivity index (χ1) is 10.1. The van der Waals surface area contributed by atoms with Crippen LogP contribution >= 0.6 is 23.7 Å². The molecule has 1 aromatic heterocycles. The minimum atomic E-state index is -0.665. The van der Waals surface area contributed by atoms with Gasteiger partial charge in [0.25, 0.3) is 5.91 Å². The topological polar surface area (TPSA) is 59.2 Å². The van der Waals surface area contributed by atoms with Gasteiger partial charge in [-0.1, -0.05) is 6.07 Å². The summed E-state index contributed by atoms with van der Waals surface area (Å²) in [6.45, 7) is 2.18. The Balaban J connectivity index is 0.00000242. The molecule has 0 bridgehead atoms. The van der Waals surface area contributed by atoms with Crippen molar-refractivity contribution in [2.45, 2.75) is 20.0 Å². The number of carbonyl (C=O) groups excluding carboxylic acids is 1. The minimum Gasteiger partial charge on any atom is -0.333 e. The monoisotopic (exact) mass is 347 g/mol. The second-order valence-corrected chi connectivity index (χ2v) is 5.29. The molecular weight excluding hydrogens is 332 g/mol. The van der Waals surface area contributed by atoms with Gasteiger partial charge < -0.3 is 10.6 Å². The minimum absolute atomic E-state index is 0. The van der Waals surface area contributed by atoms with Crippen LogP contribution in [0.25, 0.3) is 0 Å². The fourth-order valence-electron chi connectivity index (χ4n) is 1.87. The number of halogens is 3. The van der Waals surface area contributed by atoms with E-state index in [0.717, 1.165) is 0 Å². The molecule has 0 radical (unpaired) electrons. The van der Waals surface area contributed by atoms with Crippen molar-refractivity contribution >= 4 is 29.7 Å². The van der Waals surface area contributed by atoms with Crippen molar-refractivity contribution < 1.29 is 13.6 Å². The van der Waals surface area contributed by atoms with Gasteiger partial charge in [-0.25, -0.2) is 13.8 Å². The Hall–Kier alpha value is -1.57. The van der Waals surface area contributed by atoms with E-state index < -0.39 is 11.6 Å². The third-order valence-corrected chi connectivity index (χ3v) is 3.90. The normalized spacial score (nSPS) is 10.2. The summed E-state index contributed by atoms with van der Waals surface area (Å²) in [6.07, 6.45) is 0. The van der Waals surface area contributed by atoms with Crippen molar-refractivity contribution in [1.29, 1.82) is 0 Å². The molecule has 4 nitrogen and oxygen atoms in total. The van der Waals surface area contributed by atoms with Crippen LogP contribution in [-0.4, -0.2) is 22.3 Å². The zero-order valence-electron chi connectivity index (χ0n) is 11.9. The average Bonchev–Trinajstić information content (AvgIpc) is 2.95. The second-order valence-electron chi connectivity index (χ2n) is 4.35. The third-order valence-electron chi connectivity index (χ3n) is 3.03. The predicted molar refractivity (Wildman–Crippen MR) is 84.0 cm³/mol. The maximum atomic E-state index is 13.7. The summed E-state index contributed by atoms with van der Waals surface area (Å²) in [5.74, 6) is -1.69. The number of nitrogens with zero attached hydrogens (tertiary/aromatic N) is 2. The Labute approximate surface area is 137 Å². The lowest BCUT2D eigenvalue weighted by Crippen LogP contribution is -2.31. The van der Waals surface area contributed by atoms with Crippen LogP contribution in [0.15, 0.2) is 23.6 Å². The van der Waals surface area contributed by atoms with Crippen LogP contribution in [0.4, 0.5) is 8.78 Å². The summed E-state index contributed by atoms with van der Waals surface area (Å²) in [6, 6.07) is 3.64. The second kappa shape index (κ2) is 8.17. The zero-order valence-corrected chi connectivity index (χ0v) is 13.5. The maximum Gasteiger partial charge on any atom is 0.273 e. The molecule has 0 fully saturated rings. The molecule has 1 amide bonds. The number of carbonyl (C=O) groups is 1. The van der Waals surface area contributed by atoms with Crippen molar-refractivity contribution in [3.05, 3.63) is 51.5 Å². The van der Waals surface area contributed by atoms with Crippen LogP contribution in [0.1, 0.15) is 28.0 Å². The summed E-state index contributed by atoms with van der Waals surface area (Å²) < 4.78 is 27.3. The lowest BCUT2D eigenvalue weighted by Gasteiger charge is -2.20. The van der Waals surface area contributed by atoms with Gasteiger partial charge in [-0.05, 0) is 19.1 Å². The van der Waals surface area contributed by atoms with Crippen molar-refractivity contribution in [3.8, 4) is 0 Å². The van der Waals surface area contributed by atoms with Gasteiger partial charge in [0, 0.05) is 24.0 Å². The van der Waals surface area contributed by atoms with Gasteiger partial charge in [0.1, 0.15) is 22.3 Å². The van der Waals surface area contributed by atoms with E-state index in [-0.39, 0.29) is 42.7 Å². The number of hydrogen-bond donors (Lipinski definition) is 1. The van der Waals surface area contributed by atoms with Gasteiger partial charge in [-0.2, -0.15) is 0 Å². The number of benzene rings is 1. The Morgan fingerprint density at radius 3 is 2.50 bits per heavy atom. The first-order valence-electron chi connectivity index (χ1n) is 6.43. The molecule has 2 aromatic rings. The lowest BCUT2D eigenvalue weighted by molar-refractivity contribution is 0.0744. The Kier molecular flexibility index (Phi) is 6.86. The van der Waals surface area contributed by atoms with E-state index in [9.17, 15) is 13.6 Å². The summed E-state index contributed by atoms with van der Waals surface area (Å²) >= 11 is 1.29. The molecule has 1 heterocycles. The fourth-order valence-corrected chi connectivity index (χ4v) is 2.51. The van der Waals surface area contributed by atoms with E-state index in [2.05, 4.69) is 4.98 Å². The van der Waals surface area contributed by atoms with Crippen LogP contribution in [-0.2, 0) is 13.1 Å². The molecule has 8 heteroatoms. The largest absolute Gasteiger partial charge is 0.333 e. The summed E-state index contributed by atoms with van der Waals surface area (Å²) in [5, 5.41) is 2.25. The van der Waals surface area contributed by atoms with Crippen LogP contribution in [0.2, 0.25) is 0 Å². The summed E-state index contributed by atoms with van der Waals surface area (Å²) in [7, 11) is 0. The molecule has 22 heavy (non-hydrogen) atoms. The number of amides is 1. The molecule has 1 aromatic carbocycles. The van der Waals surface area contributed by atoms with E-state index >= 15 is 0 Å². The Morgan fingerprint density at radius 1 is 1.36 bits per heavy atom. The average molecular weight is 348 g/mol. The van der Waals surface area contributed by atoms with Crippen LogP contribution in [0, 0.1) is 11.6 Å². The molecule has 2 rings (SSSR count). The van der Waals surface area contributed by atoms with E-state index in [1.54, 1.807) is 12.3 Å². The number of aromatic nitrogens is 1. The quantitative estimate of drug-likeness (QED) is 0.904. The van der Waals surface area contributed by atoms with Gasteiger partial charge in [0.15, 0.2) is 0 Å². The van der Waals surface area contributed by atoms with Crippen LogP contribution < -0.4 is 5.73 Å². The van der Waals surface area contributed by atoms with Crippen LogP contribution in [0.5, 0.6) is 0 Å². The number of nitrogens with two attached hydrogens (primary N) is 1. The fraction of sp³-hybridized carbons (Fsp3) is 0.286. The molecule has 0 aliphatic carbocycles. The third kappa shape index (κ3) is 4.00. The van der Waals surface area contributed by atoms with Gasteiger partial charge >= 0.3 is 0 Å². The first-order valence-corrected chi connectivity index (χ1v) is 7.31. The highest BCUT2D eigenvalue weighted by molar-refractivity contribution is 7.09. The summed E-state index contributed by atoms with van der Waals surface area (Å²) in [4.78, 5) is 17.8. The highest BCUT2D eigenvalue weighted by Crippen LogP contribution is 2.17. The molecule has 0 saturated carbocycles. The van der Waals surface area contributed by atoms with Crippen molar-refractivity contribution in [2.24, 2.45) is 5.73 Å². The van der Waals surface area contributed by atoms with Gasteiger partial charge in [0.05, 0.1) is 6.54 Å². The van der Waals surface area contributed by atoms with E-state index in [4.69, 9.17) is 5.73 Å². The molecule has 0 aliphatic heterocycles. The highest BCUT2D eigenvalue weighted by atomic mass is 35.5. The smallest absolute Gasteiger partial charge is 0.273 e. The molecular formula is C14H16ClF2N3OS. The lowest BCUT2D eigenvalue weighted by atomic mass is 10.2. The van der Waals surface area contributed by atoms with E-state index in [1.165, 1.54) is 34.4 Å². The SMILES string of the molecule is CCN(Cc1c(F)cccc1F)C(=O)c1csc(CN)n1.Cl. The molecule has 0 aliphatic rings.